The number of rotatable bonds is 7. The van der Waals surface area contributed by atoms with Gasteiger partial charge in [-0.25, -0.2) is 14.0 Å². The molecule has 0 aliphatic carbocycles. The van der Waals surface area contributed by atoms with E-state index in [9.17, 15) is 14.0 Å². The molecule has 3 N–H and O–H groups in total. The number of carbonyl (C=O) groups is 2. The summed E-state index contributed by atoms with van der Waals surface area (Å²) in [6.07, 6.45) is 2.91. The third kappa shape index (κ3) is 5.81. The van der Waals surface area contributed by atoms with Crippen LogP contribution in [0.1, 0.15) is 43.5 Å². The van der Waals surface area contributed by atoms with E-state index in [-0.39, 0.29) is 11.3 Å². The molecule has 0 atom stereocenters. The molecule has 0 aromatic heterocycles. The van der Waals surface area contributed by atoms with Crippen LogP contribution in [0.25, 0.3) is 0 Å². The van der Waals surface area contributed by atoms with Gasteiger partial charge >= 0.3 is 12.0 Å². The highest BCUT2D eigenvalue weighted by atomic mass is 19.1. The minimum Gasteiger partial charge on any atom is -0.478 e. The predicted octanol–water partition coefficient (Wildman–Crippen LogP) is 3.47. The van der Waals surface area contributed by atoms with Crippen molar-refractivity contribution in [1.82, 2.24) is 5.32 Å². The maximum Gasteiger partial charge on any atom is 0.337 e. The fourth-order valence-corrected chi connectivity index (χ4v) is 1.87. The molecular weight excluding hydrogens is 275 g/mol. The van der Waals surface area contributed by atoms with E-state index in [0.717, 1.165) is 25.3 Å². The third-order valence-electron chi connectivity index (χ3n) is 2.98. The van der Waals surface area contributed by atoms with Crippen molar-refractivity contribution < 1.29 is 19.1 Å². The number of hydrogen-bond acceptors (Lipinski definition) is 2. The number of carboxylic acid groups (broad SMARTS) is 1. The first-order valence-electron chi connectivity index (χ1n) is 6.98. The number of anilines is 1. The second-order valence-corrected chi connectivity index (χ2v) is 5.24. The molecule has 0 bridgehead atoms. The number of nitrogens with one attached hydrogen (secondary N) is 2. The maximum atomic E-state index is 13.6. The van der Waals surface area contributed by atoms with E-state index in [1.165, 1.54) is 12.1 Å². The third-order valence-corrected chi connectivity index (χ3v) is 2.98. The Hall–Kier alpha value is -2.11. The quantitative estimate of drug-likeness (QED) is 0.674. The summed E-state index contributed by atoms with van der Waals surface area (Å²) in [7, 11) is 0. The number of para-hydroxylation sites is 1. The van der Waals surface area contributed by atoms with Crippen LogP contribution < -0.4 is 10.6 Å². The Balaban J connectivity index is 2.50. The molecule has 0 radical (unpaired) electrons. The van der Waals surface area contributed by atoms with E-state index in [0.29, 0.717) is 12.5 Å². The van der Waals surface area contributed by atoms with Crippen LogP contribution in [0.3, 0.4) is 0 Å². The molecule has 0 saturated heterocycles. The standard InChI is InChI=1S/C15H21FN2O3/c1-10(2)6-3-4-9-17-15(21)18-13-11(14(19)20)7-5-8-12(13)16/h5,7-8,10H,3-4,6,9H2,1-2H3,(H,19,20)(H2,17,18,21). The van der Waals surface area contributed by atoms with Crippen molar-refractivity contribution in [2.75, 3.05) is 11.9 Å². The Morgan fingerprint density at radius 3 is 2.62 bits per heavy atom. The molecule has 116 valence electrons. The summed E-state index contributed by atoms with van der Waals surface area (Å²) in [4.78, 5) is 22.6. The molecule has 2 amide bonds. The van der Waals surface area contributed by atoms with Crippen LogP contribution in [0, 0.1) is 11.7 Å². The molecule has 1 rings (SSSR count). The molecule has 21 heavy (non-hydrogen) atoms. The molecule has 5 nitrogen and oxygen atoms in total. The lowest BCUT2D eigenvalue weighted by molar-refractivity contribution is 0.0697. The van der Waals surface area contributed by atoms with E-state index < -0.39 is 17.8 Å². The van der Waals surface area contributed by atoms with Gasteiger partial charge < -0.3 is 15.7 Å². The highest BCUT2D eigenvalue weighted by Crippen LogP contribution is 2.19. The maximum absolute atomic E-state index is 13.6. The van der Waals surface area contributed by atoms with Gasteiger partial charge in [0.2, 0.25) is 0 Å². The van der Waals surface area contributed by atoms with Crippen LogP contribution in [0.15, 0.2) is 18.2 Å². The van der Waals surface area contributed by atoms with Crippen LogP contribution in [0.2, 0.25) is 0 Å². The second-order valence-electron chi connectivity index (χ2n) is 5.24. The topological polar surface area (TPSA) is 78.4 Å². The highest BCUT2D eigenvalue weighted by Gasteiger charge is 2.16. The van der Waals surface area contributed by atoms with Gasteiger partial charge in [0.25, 0.3) is 0 Å². The zero-order chi connectivity index (χ0) is 15.8. The van der Waals surface area contributed by atoms with Gasteiger partial charge in [-0.2, -0.15) is 0 Å². The molecule has 0 aliphatic rings. The lowest BCUT2D eigenvalue weighted by atomic mass is 10.1. The Labute approximate surface area is 123 Å². The zero-order valence-corrected chi connectivity index (χ0v) is 12.3. The van der Waals surface area contributed by atoms with Crippen LogP contribution in [-0.2, 0) is 0 Å². The monoisotopic (exact) mass is 296 g/mol. The van der Waals surface area contributed by atoms with Gasteiger partial charge in [0.05, 0.1) is 11.3 Å². The molecular formula is C15H21FN2O3. The minimum absolute atomic E-state index is 0.273. The molecule has 1 aromatic carbocycles. The summed E-state index contributed by atoms with van der Waals surface area (Å²) in [5.41, 5.74) is -0.588. The van der Waals surface area contributed by atoms with Gasteiger partial charge in [-0.15, -0.1) is 0 Å². The van der Waals surface area contributed by atoms with Gasteiger partial charge in [0.1, 0.15) is 5.82 Å². The zero-order valence-electron chi connectivity index (χ0n) is 12.3. The number of benzene rings is 1. The number of carbonyl (C=O) groups excluding carboxylic acids is 1. The van der Waals surface area contributed by atoms with Crippen LogP contribution in [0.4, 0.5) is 14.9 Å². The summed E-state index contributed by atoms with van der Waals surface area (Å²) >= 11 is 0. The van der Waals surface area contributed by atoms with Crippen molar-refractivity contribution in [2.24, 2.45) is 5.92 Å². The van der Waals surface area contributed by atoms with E-state index >= 15 is 0 Å². The van der Waals surface area contributed by atoms with Gasteiger partial charge in [-0.3, -0.25) is 0 Å². The molecule has 0 spiro atoms. The summed E-state index contributed by atoms with van der Waals surface area (Å²) in [5.74, 6) is -1.44. The number of hydrogen-bond donors (Lipinski definition) is 3. The number of urea groups is 1. The SMILES string of the molecule is CC(C)CCCCNC(=O)Nc1c(F)cccc1C(=O)O. The Bertz CT molecular complexity index is 504. The second kappa shape index (κ2) is 8.24. The van der Waals surface area contributed by atoms with Crippen molar-refractivity contribution >= 4 is 17.7 Å². The van der Waals surface area contributed by atoms with E-state index in [1.807, 2.05) is 0 Å². The van der Waals surface area contributed by atoms with Crippen molar-refractivity contribution in [3.05, 3.63) is 29.6 Å². The number of aromatic carboxylic acids is 1. The van der Waals surface area contributed by atoms with Gasteiger partial charge in [0.15, 0.2) is 0 Å². The van der Waals surface area contributed by atoms with Crippen LogP contribution in [-0.4, -0.2) is 23.7 Å². The number of carboxylic acids is 1. The average Bonchev–Trinajstić information content (AvgIpc) is 2.40. The average molecular weight is 296 g/mol. The van der Waals surface area contributed by atoms with Gasteiger partial charge in [-0.1, -0.05) is 32.8 Å². The van der Waals surface area contributed by atoms with Crippen LogP contribution >= 0.6 is 0 Å². The molecule has 6 heteroatoms. The Kier molecular flexibility index (Phi) is 6.65. The largest absolute Gasteiger partial charge is 0.478 e. The molecule has 1 aromatic rings. The Morgan fingerprint density at radius 2 is 2.00 bits per heavy atom. The van der Waals surface area contributed by atoms with E-state index in [4.69, 9.17) is 5.11 Å². The van der Waals surface area contributed by atoms with Crippen molar-refractivity contribution in [3.63, 3.8) is 0 Å². The first-order valence-corrected chi connectivity index (χ1v) is 6.98. The molecule has 0 fully saturated rings. The van der Waals surface area contributed by atoms with E-state index in [1.54, 1.807) is 0 Å². The fourth-order valence-electron chi connectivity index (χ4n) is 1.87. The summed E-state index contributed by atoms with van der Waals surface area (Å²) in [6, 6.07) is 3.02. The normalized spacial score (nSPS) is 10.5. The molecule has 0 heterocycles. The van der Waals surface area contributed by atoms with Gasteiger partial charge in [0, 0.05) is 6.54 Å². The fraction of sp³-hybridized carbons (Fsp3) is 0.467. The number of unbranched alkanes of at least 4 members (excludes halogenated alkanes) is 1. The number of amides is 2. The molecule has 0 saturated carbocycles. The first kappa shape index (κ1) is 16.9. The summed E-state index contributed by atoms with van der Waals surface area (Å²) in [5, 5.41) is 13.8. The predicted molar refractivity (Wildman–Crippen MR) is 79.1 cm³/mol. The lowest BCUT2D eigenvalue weighted by Crippen LogP contribution is -2.30. The lowest BCUT2D eigenvalue weighted by Gasteiger charge is -2.11. The first-order chi connectivity index (χ1) is 9.91. The van der Waals surface area contributed by atoms with Crippen molar-refractivity contribution in [1.29, 1.82) is 0 Å². The van der Waals surface area contributed by atoms with Crippen molar-refractivity contribution in [3.8, 4) is 0 Å². The summed E-state index contributed by atoms with van der Waals surface area (Å²) < 4.78 is 13.6. The smallest absolute Gasteiger partial charge is 0.337 e. The molecule has 0 unspecified atom stereocenters. The summed E-state index contributed by atoms with van der Waals surface area (Å²) in [6.45, 7) is 4.73. The minimum atomic E-state index is -1.29. The molecule has 0 aliphatic heterocycles. The van der Waals surface area contributed by atoms with E-state index in [2.05, 4.69) is 24.5 Å². The number of halogens is 1. The Morgan fingerprint density at radius 1 is 1.29 bits per heavy atom. The van der Waals surface area contributed by atoms with Gasteiger partial charge in [-0.05, 0) is 24.5 Å². The highest BCUT2D eigenvalue weighted by molar-refractivity contribution is 6.00. The van der Waals surface area contributed by atoms with Crippen molar-refractivity contribution in [2.45, 2.75) is 33.1 Å². The van der Waals surface area contributed by atoms with Crippen LogP contribution in [0.5, 0.6) is 0 Å².